The Morgan fingerprint density at radius 2 is 2.05 bits per heavy atom. The minimum absolute atomic E-state index is 0.0851. The first-order valence-corrected chi connectivity index (χ1v) is 6.48. The molecule has 0 bridgehead atoms. The molecule has 0 saturated heterocycles. The fourth-order valence-corrected chi connectivity index (χ4v) is 1.71. The van der Waals surface area contributed by atoms with Crippen LogP contribution < -0.4 is 5.32 Å². The molecule has 1 amide bonds. The van der Waals surface area contributed by atoms with Gasteiger partial charge >= 0.3 is 5.97 Å². The zero-order chi connectivity index (χ0) is 16.2. The molecule has 0 spiro atoms. The second kappa shape index (κ2) is 6.53. The van der Waals surface area contributed by atoms with Crippen LogP contribution in [0.4, 0.5) is 5.69 Å². The average Bonchev–Trinajstić information content (AvgIpc) is 2.37. The number of nitro groups is 1. The average molecular weight is 315 g/mol. The standard InChI is InChI=1S/C13H15ClN2O5/c1-13(2,12(18)19)5-6-15-11(17)9-7-8(14)3-4-10(9)16(20)21/h3-4,7H,5-6H2,1-2H3,(H,15,17)(H,18,19). The van der Waals surface area contributed by atoms with Crippen LogP contribution in [0.1, 0.15) is 30.6 Å². The van der Waals surface area contributed by atoms with Crippen LogP contribution in [-0.4, -0.2) is 28.5 Å². The van der Waals surface area contributed by atoms with Gasteiger partial charge in [0, 0.05) is 17.6 Å². The molecule has 0 aromatic heterocycles. The molecule has 8 heteroatoms. The summed E-state index contributed by atoms with van der Waals surface area (Å²) in [5.41, 5.74) is -1.50. The molecule has 0 atom stereocenters. The van der Waals surface area contributed by atoms with Gasteiger partial charge in [0.05, 0.1) is 10.3 Å². The van der Waals surface area contributed by atoms with E-state index in [-0.39, 0.29) is 29.2 Å². The van der Waals surface area contributed by atoms with Crippen molar-refractivity contribution in [1.29, 1.82) is 0 Å². The molecular formula is C13H15ClN2O5. The fraction of sp³-hybridized carbons (Fsp3) is 0.385. The summed E-state index contributed by atoms with van der Waals surface area (Å²) in [5, 5.41) is 22.5. The maximum Gasteiger partial charge on any atom is 0.309 e. The number of hydrogen-bond donors (Lipinski definition) is 2. The third kappa shape index (κ3) is 4.42. The quantitative estimate of drug-likeness (QED) is 0.619. The molecule has 0 aliphatic rings. The zero-order valence-corrected chi connectivity index (χ0v) is 12.3. The predicted molar refractivity (Wildman–Crippen MR) is 76.5 cm³/mol. The second-order valence-electron chi connectivity index (χ2n) is 5.11. The van der Waals surface area contributed by atoms with Gasteiger partial charge in [-0.15, -0.1) is 0 Å². The van der Waals surface area contributed by atoms with Crippen LogP contribution in [0.15, 0.2) is 18.2 Å². The van der Waals surface area contributed by atoms with E-state index >= 15 is 0 Å². The van der Waals surface area contributed by atoms with E-state index in [0.29, 0.717) is 0 Å². The van der Waals surface area contributed by atoms with Gasteiger partial charge in [-0.25, -0.2) is 0 Å². The minimum atomic E-state index is -0.993. The number of nitrogens with one attached hydrogen (secondary N) is 1. The number of hydrogen-bond acceptors (Lipinski definition) is 4. The lowest BCUT2D eigenvalue weighted by Gasteiger charge is -2.18. The number of rotatable bonds is 6. The van der Waals surface area contributed by atoms with E-state index < -0.39 is 22.2 Å². The van der Waals surface area contributed by atoms with E-state index in [2.05, 4.69) is 5.32 Å². The van der Waals surface area contributed by atoms with Gasteiger partial charge in [0.25, 0.3) is 11.6 Å². The highest BCUT2D eigenvalue weighted by molar-refractivity contribution is 6.31. The molecular weight excluding hydrogens is 300 g/mol. The van der Waals surface area contributed by atoms with Gasteiger partial charge in [-0.3, -0.25) is 19.7 Å². The molecule has 114 valence electrons. The monoisotopic (exact) mass is 314 g/mol. The molecule has 0 radical (unpaired) electrons. The Morgan fingerprint density at radius 1 is 1.43 bits per heavy atom. The van der Waals surface area contributed by atoms with Crippen LogP contribution in [0.2, 0.25) is 5.02 Å². The van der Waals surface area contributed by atoms with E-state index in [1.165, 1.54) is 26.0 Å². The maximum absolute atomic E-state index is 12.0. The largest absolute Gasteiger partial charge is 0.481 e. The summed E-state index contributed by atoms with van der Waals surface area (Å²) in [6, 6.07) is 3.68. The van der Waals surface area contributed by atoms with Gasteiger partial charge in [-0.1, -0.05) is 11.6 Å². The molecule has 0 fully saturated rings. The fourth-order valence-electron chi connectivity index (χ4n) is 1.54. The number of amides is 1. The Hall–Kier alpha value is -2.15. The van der Waals surface area contributed by atoms with Crippen molar-refractivity contribution in [2.24, 2.45) is 5.41 Å². The number of nitrogens with zero attached hydrogens (tertiary/aromatic N) is 1. The maximum atomic E-state index is 12.0. The van der Waals surface area contributed by atoms with E-state index in [0.717, 1.165) is 6.07 Å². The molecule has 0 aliphatic carbocycles. The Balaban J connectivity index is 2.79. The number of carbonyl (C=O) groups excluding carboxylic acids is 1. The van der Waals surface area contributed by atoms with Crippen LogP contribution in [0.25, 0.3) is 0 Å². The van der Waals surface area contributed by atoms with Crippen LogP contribution in [0.3, 0.4) is 0 Å². The summed E-state index contributed by atoms with van der Waals surface area (Å²) in [6.07, 6.45) is 0.197. The molecule has 7 nitrogen and oxygen atoms in total. The first kappa shape index (κ1) is 16.9. The van der Waals surface area contributed by atoms with Gasteiger partial charge in [0.2, 0.25) is 0 Å². The lowest BCUT2D eigenvalue weighted by atomic mass is 9.90. The summed E-state index contributed by atoms with van der Waals surface area (Å²) in [4.78, 5) is 33.1. The Bertz CT molecular complexity index is 586. The first-order valence-electron chi connectivity index (χ1n) is 6.10. The topological polar surface area (TPSA) is 110 Å². The summed E-state index contributed by atoms with van der Waals surface area (Å²) in [7, 11) is 0. The third-order valence-corrected chi connectivity index (χ3v) is 3.25. The van der Waals surface area contributed by atoms with Gasteiger partial charge in [0.1, 0.15) is 5.56 Å². The molecule has 1 aromatic carbocycles. The van der Waals surface area contributed by atoms with E-state index in [4.69, 9.17) is 16.7 Å². The van der Waals surface area contributed by atoms with Crippen LogP contribution >= 0.6 is 11.6 Å². The number of carbonyl (C=O) groups is 2. The highest BCUT2D eigenvalue weighted by atomic mass is 35.5. The minimum Gasteiger partial charge on any atom is -0.481 e. The number of nitro benzene ring substituents is 1. The van der Waals surface area contributed by atoms with Crippen molar-refractivity contribution in [1.82, 2.24) is 5.32 Å². The lowest BCUT2D eigenvalue weighted by molar-refractivity contribution is -0.385. The summed E-state index contributed by atoms with van der Waals surface area (Å²) < 4.78 is 0. The number of halogens is 1. The normalized spacial score (nSPS) is 11.0. The van der Waals surface area contributed by atoms with Gasteiger partial charge in [0.15, 0.2) is 0 Å². The van der Waals surface area contributed by atoms with Crippen molar-refractivity contribution in [3.8, 4) is 0 Å². The molecule has 1 rings (SSSR count). The van der Waals surface area contributed by atoms with Crippen molar-refractivity contribution < 1.29 is 19.6 Å². The zero-order valence-electron chi connectivity index (χ0n) is 11.6. The Kier molecular flexibility index (Phi) is 5.26. The number of carboxylic acids is 1. The van der Waals surface area contributed by atoms with E-state index in [1.807, 2.05) is 0 Å². The third-order valence-electron chi connectivity index (χ3n) is 3.01. The van der Waals surface area contributed by atoms with E-state index in [9.17, 15) is 19.7 Å². The summed E-state index contributed by atoms with van der Waals surface area (Å²) in [5.74, 6) is -1.64. The molecule has 21 heavy (non-hydrogen) atoms. The van der Waals surface area contributed by atoms with Gasteiger partial charge < -0.3 is 10.4 Å². The number of aliphatic carboxylic acids is 1. The molecule has 1 aromatic rings. The van der Waals surface area contributed by atoms with Crippen molar-refractivity contribution in [2.75, 3.05) is 6.54 Å². The van der Waals surface area contributed by atoms with Crippen molar-refractivity contribution in [3.05, 3.63) is 38.9 Å². The van der Waals surface area contributed by atoms with Gasteiger partial charge in [-0.05, 0) is 32.4 Å². The summed E-state index contributed by atoms with van der Waals surface area (Å²) in [6.45, 7) is 3.15. The van der Waals surface area contributed by atoms with Crippen LogP contribution in [0.5, 0.6) is 0 Å². The first-order chi connectivity index (χ1) is 9.65. The van der Waals surface area contributed by atoms with Gasteiger partial charge in [-0.2, -0.15) is 0 Å². The number of benzene rings is 1. The van der Waals surface area contributed by atoms with Crippen molar-refractivity contribution >= 4 is 29.2 Å². The van der Waals surface area contributed by atoms with Crippen molar-refractivity contribution in [3.63, 3.8) is 0 Å². The SMILES string of the molecule is CC(C)(CCNC(=O)c1cc(Cl)ccc1[N+](=O)[O-])C(=O)O. The molecule has 0 heterocycles. The van der Waals surface area contributed by atoms with Crippen molar-refractivity contribution in [2.45, 2.75) is 20.3 Å². The van der Waals surface area contributed by atoms with Crippen LogP contribution in [-0.2, 0) is 4.79 Å². The number of carboxylic acid groups (broad SMARTS) is 1. The van der Waals surface area contributed by atoms with Crippen LogP contribution in [0, 0.1) is 15.5 Å². The molecule has 0 saturated carbocycles. The predicted octanol–water partition coefficient (Wildman–Crippen LogP) is 2.48. The lowest BCUT2D eigenvalue weighted by Crippen LogP contribution is -2.32. The van der Waals surface area contributed by atoms with E-state index in [1.54, 1.807) is 0 Å². The smallest absolute Gasteiger partial charge is 0.309 e. The highest BCUT2D eigenvalue weighted by Crippen LogP contribution is 2.23. The Labute approximate surface area is 126 Å². The Morgan fingerprint density at radius 3 is 2.57 bits per heavy atom. The second-order valence-corrected chi connectivity index (χ2v) is 5.55. The molecule has 2 N–H and O–H groups in total. The molecule has 0 unspecified atom stereocenters. The summed E-state index contributed by atoms with van der Waals surface area (Å²) >= 11 is 5.73. The molecule has 0 aliphatic heterocycles. The highest BCUT2D eigenvalue weighted by Gasteiger charge is 2.27.